The molecule has 0 saturated carbocycles. The molecule has 0 aliphatic heterocycles. The molecule has 20 heavy (non-hydrogen) atoms. The van der Waals surface area contributed by atoms with Gasteiger partial charge in [0, 0.05) is 17.0 Å². The number of halogens is 1. The minimum absolute atomic E-state index is 0.123. The number of anilines is 1. The summed E-state index contributed by atoms with van der Waals surface area (Å²) in [6.45, 7) is 4.08. The van der Waals surface area contributed by atoms with Crippen LogP contribution in [0.15, 0.2) is 17.6 Å². The number of hydrogen-bond donors (Lipinski definition) is 1. The molecular formula is C14H17ClN2O2S. The summed E-state index contributed by atoms with van der Waals surface area (Å²) < 4.78 is 10.5. The SMILES string of the molecule is COc1cc(Cl)c(NC(C)c2scnc2C)cc1OC. The van der Waals surface area contributed by atoms with Gasteiger partial charge in [-0.3, -0.25) is 0 Å². The highest BCUT2D eigenvalue weighted by Gasteiger charge is 2.15. The molecule has 0 fully saturated rings. The normalized spacial score (nSPS) is 12.1. The molecule has 4 nitrogen and oxygen atoms in total. The highest BCUT2D eigenvalue weighted by molar-refractivity contribution is 7.09. The highest BCUT2D eigenvalue weighted by atomic mass is 35.5. The Morgan fingerprint density at radius 3 is 2.45 bits per heavy atom. The molecule has 1 unspecified atom stereocenters. The Hall–Kier alpha value is -1.46. The van der Waals surface area contributed by atoms with Crippen LogP contribution in [0.2, 0.25) is 5.02 Å². The maximum Gasteiger partial charge on any atom is 0.162 e. The van der Waals surface area contributed by atoms with Crippen LogP contribution in [-0.4, -0.2) is 19.2 Å². The van der Waals surface area contributed by atoms with Crippen molar-refractivity contribution in [2.75, 3.05) is 19.5 Å². The first kappa shape index (κ1) is 14.9. The lowest BCUT2D eigenvalue weighted by Gasteiger charge is -2.17. The molecule has 2 rings (SSSR count). The molecular weight excluding hydrogens is 296 g/mol. The lowest BCUT2D eigenvalue weighted by molar-refractivity contribution is 0.355. The van der Waals surface area contributed by atoms with Gasteiger partial charge in [-0.2, -0.15) is 0 Å². The van der Waals surface area contributed by atoms with Crippen LogP contribution in [0, 0.1) is 6.92 Å². The molecule has 2 aromatic rings. The van der Waals surface area contributed by atoms with Crippen molar-refractivity contribution in [2.45, 2.75) is 19.9 Å². The third-order valence-corrected chi connectivity index (χ3v) is 4.45. The number of rotatable bonds is 5. The van der Waals surface area contributed by atoms with Gasteiger partial charge in [-0.15, -0.1) is 11.3 Å². The summed E-state index contributed by atoms with van der Waals surface area (Å²) in [5.74, 6) is 1.26. The quantitative estimate of drug-likeness (QED) is 0.894. The van der Waals surface area contributed by atoms with Crippen LogP contribution in [0.4, 0.5) is 5.69 Å². The molecule has 0 aliphatic rings. The van der Waals surface area contributed by atoms with Gasteiger partial charge in [0.15, 0.2) is 11.5 Å². The average Bonchev–Trinajstić information content (AvgIpc) is 2.86. The van der Waals surface area contributed by atoms with E-state index in [2.05, 4.69) is 17.2 Å². The summed E-state index contributed by atoms with van der Waals surface area (Å²) in [5, 5.41) is 3.98. The molecule has 1 aromatic heterocycles. The van der Waals surface area contributed by atoms with Crippen molar-refractivity contribution in [1.29, 1.82) is 0 Å². The maximum absolute atomic E-state index is 6.27. The Morgan fingerprint density at radius 1 is 1.25 bits per heavy atom. The topological polar surface area (TPSA) is 43.4 Å². The number of nitrogens with one attached hydrogen (secondary N) is 1. The zero-order chi connectivity index (χ0) is 14.7. The van der Waals surface area contributed by atoms with Crippen molar-refractivity contribution in [3.8, 4) is 11.5 Å². The first-order valence-corrected chi connectivity index (χ1v) is 7.40. The summed E-state index contributed by atoms with van der Waals surface area (Å²) in [6.07, 6.45) is 0. The van der Waals surface area contributed by atoms with Crippen LogP contribution in [0.1, 0.15) is 23.5 Å². The van der Waals surface area contributed by atoms with E-state index >= 15 is 0 Å². The summed E-state index contributed by atoms with van der Waals surface area (Å²) in [4.78, 5) is 5.45. The van der Waals surface area contributed by atoms with E-state index in [4.69, 9.17) is 21.1 Å². The van der Waals surface area contributed by atoms with Crippen LogP contribution in [-0.2, 0) is 0 Å². The molecule has 1 N–H and O–H groups in total. The molecule has 1 heterocycles. The number of aromatic nitrogens is 1. The van der Waals surface area contributed by atoms with Crippen molar-refractivity contribution in [2.24, 2.45) is 0 Å². The smallest absolute Gasteiger partial charge is 0.162 e. The molecule has 108 valence electrons. The molecule has 0 saturated heterocycles. The number of thiazole rings is 1. The van der Waals surface area contributed by atoms with Gasteiger partial charge in [0.1, 0.15) is 0 Å². The van der Waals surface area contributed by atoms with E-state index in [0.29, 0.717) is 16.5 Å². The van der Waals surface area contributed by atoms with E-state index in [1.165, 1.54) is 4.88 Å². The number of ether oxygens (including phenoxy) is 2. The fourth-order valence-corrected chi connectivity index (χ4v) is 3.01. The lowest BCUT2D eigenvalue weighted by Crippen LogP contribution is -2.07. The van der Waals surface area contributed by atoms with Crippen LogP contribution >= 0.6 is 22.9 Å². The van der Waals surface area contributed by atoms with Crippen molar-refractivity contribution in [3.05, 3.63) is 33.2 Å². The van der Waals surface area contributed by atoms with Gasteiger partial charge >= 0.3 is 0 Å². The zero-order valence-corrected chi connectivity index (χ0v) is 13.4. The monoisotopic (exact) mass is 312 g/mol. The number of nitrogens with zero attached hydrogens (tertiary/aromatic N) is 1. The molecule has 0 radical (unpaired) electrons. The molecule has 0 spiro atoms. The number of methoxy groups -OCH3 is 2. The van der Waals surface area contributed by atoms with E-state index in [0.717, 1.165) is 11.4 Å². The van der Waals surface area contributed by atoms with Gasteiger partial charge in [0.05, 0.1) is 42.2 Å². The average molecular weight is 313 g/mol. The second-order valence-corrected chi connectivity index (χ2v) is 5.65. The van der Waals surface area contributed by atoms with Gasteiger partial charge in [0.2, 0.25) is 0 Å². The van der Waals surface area contributed by atoms with E-state index in [9.17, 15) is 0 Å². The first-order chi connectivity index (χ1) is 9.56. The van der Waals surface area contributed by atoms with E-state index in [1.807, 2.05) is 18.5 Å². The highest BCUT2D eigenvalue weighted by Crippen LogP contribution is 2.37. The van der Waals surface area contributed by atoms with Gasteiger partial charge in [-0.05, 0) is 13.8 Å². The molecule has 6 heteroatoms. The van der Waals surface area contributed by atoms with Crippen LogP contribution < -0.4 is 14.8 Å². The molecule has 0 aliphatic carbocycles. The summed E-state index contributed by atoms with van der Waals surface area (Å²) in [7, 11) is 3.19. The largest absolute Gasteiger partial charge is 0.493 e. The third kappa shape index (κ3) is 2.99. The number of benzene rings is 1. The number of aryl methyl sites for hydroxylation is 1. The Balaban J connectivity index is 2.27. The second kappa shape index (κ2) is 6.33. The maximum atomic E-state index is 6.27. The minimum atomic E-state index is 0.123. The Labute approximate surface area is 127 Å². The fourth-order valence-electron chi connectivity index (χ4n) is 1.99. The van der Waals surface area contributed by atoms with Crippen molar-refractivity contribution >= 4 is 28.6 Å². The second-order valence-electron chi connectivity index (χ2n) is 4.36. The first-order valence-electron chi connectivity index (χ1n) is 6.14. The zero-order valence-electron chi connectivity index (χ0n) is 11.9. The van der Waals surface area contributed by atoms with Gasteiger partial charge in [-0.1, -0.05) is 11.6 Å². The Bertz CT molecular complexity index is 601. The van der Waals surface area contributed by atoms with E-state index in [1.54, 1.807) is 31.6 Å². The predicted molar refractivity (Wildman–Crippen MR) is 83.4 cm³/mol. The fraction of sp³-hybridized carbons (Fsp3) is 0.357. The Morgan fingerprint density at radius 2 is 1.90 bits per heavy atom. The van der Waals surface area contributed by atoms with Crippen LogP contribution in [0.25, 0.3) is 0 Å². The van der Waals surface area contributed by atoms with Crippen molar-refractivity contribution in [1.82, 2.24) is 4.98 Å². The van der Waals surface area contributed by atoms with Gasteiger partial charge < -0.3 is 14.8 Å². The summed E-state index contributed by atoms with van der Waals surface area (Å²) in [6, 6.07) is 3.71. The van der Waals surface area contributed by atoms with Gasteiger partial charge in [0.25, 0.3) is 0 Å². The predicted octanol–water partition coefficient (Wildman–Crippen LogP) is 4.30. The van der Waals surface area contributed by atoms with Crippen molar-refractivity contribution < 1.29 is 9.47 Å². The van der Waals surface area contributed by atoms with E-state index < -0.39 is 0 Å². The molecule has 1 atom stereocenters. The Kier molecular flexibility index (Phi) is 4.73. The summed E-state index contributed by atoms with van der Waals surface area (Å²) >= 11 is 7.90. The van der Waals surface area contributed by atoms with Crippen molar-refractivity contribution in [3.63, 3.8) is 0 Å². The third-order valence-electron chi connectivity index (χ3n) is 3.02. The standard InChI is InChI=1S/C14H17ClN2O2S/c1-8-14(20-7-16-8)9(2)17-11-6-13(19-4)12(18-3)5-10(11)15/h5-7,9,17H,1-4H3. The van der Waals surface area contributed by atoms with Crippen LogP contribution in [0.5, 0.6) is 11.5 Å². The summed E-state index contributed by atoms with van der Waals surface area (Å²) in [5.41, 5.74) is 3.69. The van der Waals surface area contributed by atoms with E-state index in [-0.39, 0.29) is 6.04 Å². The van der Waals surface area contributed by atoms with Crippen LogP contribution in [0.3, 0.4) is 0 Å². The lowest BCUT2D eigenvalue weighted by atomic mass is 10.2. The molecule has 0 amide bonds. The van der Waals surface area contributed by atoms with Gasteiger partial charge in [-0.25, -0.2) is 4.98 Å². The molecule has 1 aromatic carbocycles. The minimum Gasteiger partial charge on any atom is -0.493 e. The number of hydrogen-bond acceptors (Lipinski definition) is 5. The molecule has 0 bridgehead atoms.